The van der Waals surface area contributed by atoms with Gasteiger partial charge in [-0.3, -0.25) is 19.9 Å². The number of nitrogens with two attached hydrogens (primary N) is 1. The lowest BCUT2D eigenvalue weighted by Gasteiger charge is -2.46. The van der Waals surface area contributed by atoms with Gasteiger partial charge >= 0.3 is 0 Å². The van der Waals surface area contributed by atoms with Gasteiger partial charge in [0.15, 0.2) is 0 Å². The molecule has 0 spiro atoms. The predicted molar refractivity (Wildman–Crippen MR) is 123 cm³/mol. The number of piperidine rings is 2. The molecular weight excluding hydrogens is 432 g/mol. The number of alkyl halides is 1. The summed E-state index contributed by atoms with van der Waals surface area (Å²) in [5, 5.41) is 12.2. The minimum atomic E-state index is -0.409. The molecule has 0 aromatic rings. The van der Waals surface area contributed by atoms with E-state index < -0.39 is 6.17 Å². The normalized spacial score (nSPS) is 40.8. The molecule has 11 heteroatoms. The molecule has 1 amide bonds. The van der Waals surface area contributed by atoms with Crippen molar-refractivity contribution in [1.82, 2.24) is 36.2 Å². The second kappa shape index (κ2) is 10.4. The number of carbonyl (C=O) groups is 1. The van der Waals surface area contributed by atoms with E-state index in [1.807, 2.05) is 5.01 Å². The highest BCUT2D eigenvalue weighted by molar-refractivity contribution is 6.21. The van der Waals surface area contributed by atoms with E-state index in [1.165, 1.54) is 12.8 Å². The lowest BCUT2D eigenvalue weighted by atomic mass is 9.93. The lowest BCUT2D eigenvalue weighted by Crippen LogP contribution is -2.64. The maximum absolute atomic E-state index is 13.4. The number of morpholine rings is 1. The van der Waals surface area contributed by atoms with Gasteiger partial charge in [0.25, 0.3) is 0 Å². The molecule has 0 aromatic heterocycles. The Morgan fingerprint density at radius 1 is 1.06 bits per heavy atom. The monoisotopic (exact) mass is 470 g/mol. The Morgan fingerprint density at radius 3 is 2.62 bits per heavy atom. The molecule has 0 aliphatic carbocycles. The molecule has 6 atom stereocenters. The van der Waals surface area contributed by atoms with Crippen molar-refractivity contribution in [3.05, 3.63) is 0 Å². The van der Waals surface area contributed by atoms with Crippen LogP contribution in [0.3, 0.4) is 0 Å². The molecule has 6 unspecified atom stereocenters. The van der Waals surface area contributed by atoms with E-state index in [9.17, 15) is 4.79 Å². The highest BCUT2D eigenvalue weighted by Gasteiger charge is 2.47. The number of hydrazine groups is 1. The van der Waals surface area contributed by atoms with E-state index >= 15 is 0 Å². The fourth-order valence-electron chi connectivity index (χ4n) is 6.21. The van der Waals surface area contributed by atoms with Crippen molar-refractivity contribution in [3.63, 3.8) is 0 Å². The number of hydrogen-bond donors (Lipinski definition) is 5. The average molecular weight is 471 g/mol. The number of ether oxygens (including phenoxy) is 1. The van der Waals surface area contributed by atoms with Crippen LogP contribution in [0.1, 0.15) is 19.3 Å². The highest BCUT2D eigenvalue weighted by atomic mass is 35.5. The van der Waals surface area contributed by atoms with Gasteiger partial charge in [0.1, 0.15) is 0 Å². The number of nitrogens with one attached hydrogen (secondary N) is 4. The van der Waals surface area contributed by atoms with Gasteiger partial charge in [-0.25, -0.2) is 10.4 Å². The van der Waals surface area contributed by atoms with Crippen LogP contribution in [-0.2, 0) is 9.53 Å². The third kappa shape index (κ3) is 4.94. The summed E-state index contributed by atoms with van der Waals surface area (Å²) in [7, 11) is 0. The van der Waals surface area contributed by atoms with E-state index in [-0.39, 0.29) is 29.4 Å². The van der Waals surface area contributed by atoms with E-state index in [4.69, 9.17) is 22.1 Å². The van der Waals surface area contributed by atoms with Crippen LogP contribution in [0, 0.1) is 5.92 Å². The zero-order valence-electron chi connectivity index (χ0n) is 18.8. The third-order valence-corrected chi connectivity index (χ3v) is 8.22. The van der Waals surface area contributed by atoms with Crippen LogP contribution < -0.4 is 27.1 Å². The largest absolute Gasteiger partial charge is 0.379 e. The van der Waals surface area contributed by atoms with Gasteiger partial charge in [-0.2, -0.15) is 0 Å². The smallest absolute Gasteiger partial charge is 0.229 e. The topological polar surface area (TPSA) is 110 Å². The fraction of sp³-hybridized carbons (Fsp3) is 0.952. The van der Waals surface area contributed by atoms with E-state index in [0.29, 0.717) is 25.2 Å². The Hall–Kier alpha value is -0.560. The molecule has 5 saturated heterocycles. The zero-order valence-corrected chi connectivity index (χ0v) is 19.6. The first-order valence-electron chi connectivity index (χ1n) is 12.3. The Labute approximate surface area is 195 Å². The molecule has 5 heterocycles. The summed E-state index contributed by atoms with van der Waals surface area (Å²) < 4.78 is 5.52. The molecule has 182 valence electrons. The summed E-state index contributed by atoms with van der Waals surface area (Å²) in [6, 6.07) is 1.14. The van der Waals surface area contributed by atoms with Crippen molar-refractivity contribution in [2.75, 3.05) is 65.6 Å². The van der Waals surface area contributed by atoms with Crippen LogP contribution in [0.5, 0.6) is 0 Å². The van der Waals surface area contributed by atoms with Crippen molar-refractivity contribution in [2.24, 2.45) is 11.7 Å². The van der Waals surface area contributed by atoms with Gasteiger partial charge in [-0.1, -0.05) is 0 Å². The summed E-state index contributed by atoms with van der Waals surface area (Å²) in [5.41, 5.74) is 9.55. The van der Waals surface area contributed by atoms with Gasteiger partial charge in [-0.15, -0.1) is 11.6 Å². The first kappa shape index (κ1) is 23.2. The van der Waals surface area contributed by atoms with E-state index in [0.717, 1.165) is 58.9 Å². The summed E-state index contributed by atoms with van der Waals surface area (Å²) >= 11 is 6.27. The minimum Gasteiger partial charge on any atom is -0.379 e. The van der Waals surface area contributed by atoms with E-state index in [2.05, 4.69) is 31.2 Å². The molecule has 6 N–H and O–H groups in total. The van der Waals surface area contributed by atoms with Crippen LogP contribution in [0.15, 0.2) is 0 Å². The fourth-order valence-corrected chi connectivity index (χ4v) is 6.45. The van der Waals surface area contributed by atoms with Crippen molar-refractivity contribution in [1.29, 1.82) is 0 Å². The Morgan fingerprint density at radius 2 is 1.84 bits per heavy atom. The predicted octanol–water partition coefficient (Wildman–Crippen LogP) is -2.11. The number of rotatable bonds is 4. The molecule has 0 aromatic carbocycles. The number of hydrogen-bond acceptors (Lipinski definition) is 9. The molecule has 0 saturated carbocycles. The molecule has 5 aliphatic heterocycles. The lowest BCUT2D eigenvalue weighted by molar-refractivity contribution is -0.128. The summed E-state index contributed by atoms with van der Waals surface area (Å²) in [4.78, 5) is 18.6. The average Bonchev–Trinajstić information content (AvgIpc) is 3.15. The van der Waals surface area contributed by atoms with Crippen molar-refractivity contribution in [2.45, 2.75) is 55.1 Å². The van der Waals surface area contributed by atoms with Gasteiger partial charge in [-0.05, 0) is 25.8 Å². The Kier molecular flexibility index (Phi) is 7.52. The van der Waals surface area contributed by atoms with Crippen LogP contribution in [-0.4, -0.2) is 122 Å². The number of amides is 1. The summed E-state index contributed by atoms with van der Waals surface area (Å²) in [5.74, 6) is -0.311. The molecule has 0 radical (unpaired) electrons. The molecule has 32 heavy (non-hydrogen) atoms. The Bertz CT molecular complexity index is 645. The first-order chi connectivity index (χ1) is 15.6. The number of fused-ring (bicyclic) bond motifs is 1. The molecule has 5 fully saturated rings. The van der Waals surface area contributed by atoms with Crippen LogP contribution in [0.4, 0.5) is 0 Å². The quantitative estimate of drug-likeness (QED) is 0.295. The van der Waals surface area contributed by atoms with Gasteiger partial charge in [0, 0.05) is 57.9 Å². The summed E-state index contributed by atoms with van der Waals surface area (Å²) in [6.07, 6.45) is 2.93. The zero-order chi connectivity index (χ0) is 22.1. The number of likely N-dealkylation sites (tertiary alicyclic amines) is 1. The Balaban J connectivity index is 1.17. The summed E-state index contributed by atoms with van der Waals surface area (Å²) in [6.45, 7) is 9.21. The molecule has 10 nitrogen and oxygen atoms in total. The third-order valence-electron chi connectivity index (χ3n) is 7.93. The van der Waals surface area contributed by atoms with Crippen LogP contribution in [0.2, 0.25) is 0 Å². The van der Waals surface area contributed by atoms with Crippen LogP contribution in [0.25, 0.3) is 0 Å². The number of halogens is 1. The van der Waals surface area contributed by atoms with Crippen LogP contribution >= 0.6 is 11.6 Å². The minimum absolute atomic E-state index is 0.0140. The number of carbonyl (C=O) groups excluding carboxylic acids is 1. The van der Waals surface area contributed by atoms with Gasteiger partial charge < -0.3 is 21.1 Å². The van der Waals surface area contributed by atoms with Crippen molar-refractivity contribution < 1.29 is 9.53 Å². The SMILES string of the molecule is NC1NN2CC(Cl)CNC2C1C(=O)NC1CNCCC1N1CCC(N2CCOCC2)CC1. The second-order valence-corrected chi connectivity index (χ2v) is 10.5. The van der Waals surface area contributed by atoms with Crippen molar-refractivity contribution >= 4 is 17.5 Å². The first-order valence-corrected chi connectivity index (χ1v) is 12.8. The molecular formula is C21H39ClN8O2. The maximum atomic E-state index is 13.4. The van der Waals surface area contributed by atoms with Gasteiger partial charge in [0.2, 0.25) is 5.91 Å². The van der Waals surface area contributed by atoms with E-state index in [1.54, 1.807) is 0 Å². The second-order valence-electron chi connectivity index (χ2n) is 9.87. The molecule has 0 bridgehead atoms. The standard InChI is InChI=1S/C21H39ClN8O2/c22-14-11-25-20-18(19(23)27-30(20)13-14)21(31)26-16-12-24-4-1-17(16)29-5-2-15(3-6-29)28-7-9-32-10-8-28/h14-20,24-25,27H,1-13,23H2,(H,26,31). The van der Waals surface area contributed by atoms with Gasteiger partial charge in [0.05, 0.1) is 42.9 Å². The molecule has 5 rings (SSSR count). The number of nitrogens with zero attached hydrogens (tertiary/aromatic N) is 3. The molecule has 5 aliphatic rings. The van der Waals surface area contributed by atoms with Crippen molar-refractivity contribution in [3.8, 4) is 0 Å². The highest BCUT2D eigenvalue weighted by Crippen LogP contribution is 2.25. The maximum Gasteiger partial charge on any atom is 0.229 e.